The number of hydrogen-bond donors (Lipinski definition) is 1. The maximum atomic E-state index is 12.1. The minimum atomic E-state index is -0.217. The first kappa shape index (κ1) is 12.6. The van der Waals surface area contributed by atoms with Gasteiger partial charge in [0.25, 0.3) is 11.8 Å². The average molecular weight is 270 g/mol. The van der Waals surface area contributed by atoms with Gasteiger partial charge in [0.15, 0.2) is 0 Å². The Kier molecular flexibility index (Phi) is 3.35. The van der Waals surface area contributed by atoms with Crippen LogP contribution in [0.2, 0.25) is 0 Å². The van der Waals surface area contributed by atoms with Gasteiger partial charge in [-0.05, 0) is 24.3 Å². The zero-order valence-electron chi connectivity index (χ0n) is 10.8. The van der Waals surface area contributed by atoms with E-state index < -0.39 is 0 Å². The number of amides is 2. The molecule has 0 atom stereocenters. The van der Waals surface area contributed by atoms with Crippen LogP contribution in [0.15, 0.2) is 47.1 Å². The highest BCUT2D eigenvalue weighted by molar-refractivity contribution is 6.21. The van der Waals surface area contributed by atoms with Gasteiger partial charge in [-0.15, -0.1) is 0 Å². The van der Waals surface area contributed by atoms with Gasteiger partial charge in [-0.25, -0.2) is 0 Å². The quantitative estimate of drug-likeness (QED) is 0.663. The fourth-order valence-corrected chi connectivity index (χ4v) is 2.26. The molecule has 1 aliphatic rings. The van der Waals surface area contributed by atoms with Crippen LogP contribution in [0, 0.1) is 0 Å². The third-order valence-corrected chi connectivity index (χ3v) is 3.27. The monoisotopic (exact) mass is 270 g/mol. The van der Waals surface area contributed by atoms with Crippen LogP contribution in [-0.2, 0) is 6.54 Å². The summed E-state index contributed by atoms with van der Waals surface area (Å²) in [5, 5.41) is 3.14. The summed E-state index contributed by atoms with van der Waals surface area (Å²) in [6.07, 6.45) is 1.61. The second kappa shape index (κ2) is 5.30. The molecule has 5 nitrogen and oxygen atoms in total. The molecule has 2 amide bonds. The normalized spacial score (nSPS) is 13.9. The smallest absolute Gasteiger partial charge is 0.261 e. The molecule has 3 rings (SSSR count). The fraction of sp³-hybridized carbons (Fsp3) is 0.200. The number of nitrogens with zero attached hydrogens (tertiary/aromatic N) is 1. The zero-order valence-corrected chi connectivity index (χ0v) is 10.8. The summed E-state index contributed by atoms with van der Waals surface area (Å²) in [4.78, 5) is 25.5. The topological polar surface area (TPSA) is 62.6 Å². The number of nitrogens with one attached hydrogen (secondary N) is 1. The Bertz CT molecular complexity index is 599. The molecule has 0 saturated heterocycles. The molecule has 1 N–H and O–H groups in total. The molecule has 0 bridgehead atoms. The van der Waals surface area contributed by atoms with Crippen LogP contribution >= 0.6 is 0 Å². The van der Waals surface area contributed by atoms with E-state index >= 15 is 0 Å². The number of imide groups is 1. The van der Waals surface area contributed by atoms with Crippen molar-refractivity contribution >= 4 is 11.8 Å². The van der Waals surface area contributed by atoms with Crippen LogP contribution in [-0.4, -0.2) is 29.8 Å². The van der Waals surface area contributed by atoms with Crippen molar-refractivity contribution in [2.24, 2.45) is 0 Å². The van der Waals surface area contributed by atoms with Crippen LogP contribution in [0.5, 0.6) is 0 Å². The molecule has 0 unspecified atom stereocenters. The van der Waals surface area contributed by atoms with Crippen LogP contribution < -0.4 is 5.32 Å². The van der Waals surface area contributed by atoms with Gasteiger partial charge in [-0.3, -0.25) is 14.5 Å². The molecule has 0 saturated carbocycles. The Morgan fingerprint density at radius 3 is 2.30 bits per heavy atom. The van der Waals surface area contributed by atoms with Gasteiger partial charge >= 0.3 is 0 Å². The molecular weight excluding hydrogens is 256 g/mol. The summed E-state index contributed by atoms with van der Waals surface area (Å²) in [6.45, 7) is 1.47. The van der Waals surface area contributed by atoms with E-state index in [0.717, 1.165) is 5.76 Å². The Balaban J connectivity index is 1.57. The number of benzene rings is 1. The van der Waals surface area contributed by atoms with E-state index in [2.05, 4.69) is 5.32 Å². The molecule has 1 aromatic heterocycles. The minimum Gasteiger partial charge on any atom is -0.468 e. The van der Waals surface area contributed by atoms with E-state index in [1.54, 1.807) is 30.5 Å². The molecule has 102 valence electrons. The molecule has 0 spiro atoms. The summed E-state index contributed by atoms with van der Waals surface area (Å²) in [5.41, 5.74) is 0.979. The van der Waals surface area contributed by atoms with Gasteiger partial charge in [0.05, 0.1) is 23.9 Å². The Labute approximate surface area is 116 Å². The van der Waals surface area contributed by atoms with E-state index in [1.807, 2.05) is 12.1 Å². The third-order valence-electron chi connectivity index (χ3n) is 3.27. The van der Waals surface area contributed by atoms with Crippen LogP contribution in [0.1, 0.15) is 26.5 Å². The van der Waals surface area contributed by atoms with Crippen molar-refractivity contribution in [3.63, 3.8) is 0 Å². The summed E-state index contributed by atoms with van der Waals surface area (Å²) < 4.78 is 5.19. The second-order valence-corrected chi connectivity index (χ2v) is 4.56. The number of hydrogen-bond acceptors (Lipinski definition) is 4. The van der Waals surface area contributed by atoms with Crippen molar-refractivity contribution in [3.05, 3.63) is 59.5 Å². The van der Waals surface area contributed by atoms with Gasteiger partial charge in [-0.1, -0.05) is 12.1 Å². The Morgan fingerprint density at radius 2 is 1.70 bits per heavy atom. The van der Waals surface area contributed by atoms with E-state index in [1.165, 1.54) is 4.90 Å². The highest BCUT2D eigenvalue weighted by Crippen LogP contribution is 2.21. The van der Waals surface area contributed by atoms with Crippen LogP contribution in [0.3, 0.4) is 0 Å². The average Bonchev–Trinajstić information content (AvgIpc) is 3.06. The minimum absolute atomic E-state index is 0.217. The number of carbonyl (C=O) groups excluding carboxylic acids is 2. The van der Waals surface area contributed by atoms with Crippen molar-refractivity contribution in [3.8, 4) is 0 Å². The third kappa shape index (κ3) is 2.23. The summed E-state index contributed by atoms with van der Waals surface area (Å²) in [6, 6.07) is 10.6. The zero-order chi connectivity index (χ0) is 13.9. The first-order valence-corrected chi connectivity index (χ1v) is 6.45. The molecule has 1 aromatic carbocycles. The number of carbonyl (C=O) groups is 2. The van der Waals surface area contributed by atoms with Gasteiger partial charge in [0.2, 0.25) is 0 Å². The van der Waals surface area contributed by atoms with Crippen LogP contribution in [0.25, 0.3) is 0 Å². The highest BCUT2D eigenvalue weighted by Gasteiger charge is 2.34. The standard InChI is InChI=1S/C15H14N2O3/c18-14-12-5-1-2-6-13(12)15(19)17(14)8-7-16-10-11-4-3-9-20-11/h1-6,9,16H,7-8,10H2. The maximum absolute atomic E-state index is 12.1. The summed E-state index contributed by atoms with van der Waals surface area (Å²) >= 11 is 0. The Morgan fingerprint density at radius 1 is 1.00 bits per heavy atom. The first-order valence-electron chi connectivity index (χ1n) is 6.45. The molecule has 0 radical (unpaired) electrons. The largest absolute Gasteiger partial charge is 0.468 e. The van der Waals surface area contributed by atoms with E-state index in [4.69, 9.17) is 4.42 Å². The predicted molar refractivity (Wildman–Crippen MR) is 72.2 cm³/mol. The van der Waals surface area contributed by atoms with Crippen molar-refractivity contribution in [1.29, 1.82) is 0 Å². The van der Waals surface area contributed by atoms with E-state index in [9.17, 15) is 9.59 Å². The van der Waals surface area contributed by atoms with Crippen molar-refractivity contribution in [2.45, 2.75) is 6.54 Å². The Hall–Kier alpha value is -2.40. The van der Waals surface area contributed by atoms with Gasteiger partial charge < -0.3 is 9.73 Å². The van der Waals surface area contributed by atoms with Gasteiger partial charge in [-0.2, -0.15) is 0 Å². The molecule has 0 fully saturated rings. The van der Waals surface area contributed by atoms with Gasteiger partial charge in [0.1, 0.15) is 5.76 Å². The molecule has 5 heteroatoms. The molecule has 0 aliphatic carbocycles. The summed E-state index contributed by atoms with van der Waals surface area (Å²) in [5.74, 6) is 0.392. The molecular formula is C15H14N2O3. The second-order valence-electron chi connectivity index (χ2n) is 4.56. The van der Waals surface area contributed by atoms with Crippen molar-refractivity contribution < 1.29 is 14.0 Å². The number of rotatable bonds is 5. The molecule has 2 aromatic rings. The first-order chi connectivity index (χ1) is 9.77. The molecule has 20 heavy (non-hydrogen) atoms. The fourth-order valence-electron chi connectivity index (χ4n) is 2.26. The highest BCUT2D eigenvalue weighted by atomic mass is 16.3. The maximum Gasteiger partial charge on any atom is 0.261 e. The molecule has 2 heterocycles. The lowest BCUT2D eigenvalue weighted by Crippen LogP contribution is -2.36. The summed E-state index contributed by atoms with van der Waals surface area (Å²) in [7, 11) is 0. The van der Waals surface area contributed by atoms with Gasteiger partial charge in [0, 0.05) is 13.1 Å². The van der Waals surface area contributed by atoms with Crippen molar-refractivity contribution in [1.82, 2.24) is 10.2 Å². The van der Waals surface area contributed by atoms with E-state index in [0.29, 0.717) is 30.8 Å². The van der Waals surface area contributed by atoms with E-state index in [-0.39, 0.29) is 11.8 Å². The van der Waals surface area contributed by atoms with Crippen LogP contribution in [0.4, 0.5) is 0 Å². The predicted octanol–water partition coefficient (Wildman–Crippen LogP) is 1.67. The lowest BCUT2D eigenvalue weighted by atomic mass is 10.1. The SMILES string of the molecule is O=C1c2ccccc2C(=O)N1CCNCc1ccco1. The number of fused-ring (bicyclic) bond motifs is 1. The number of furan rings is 1. The lowest BCUT2D eigenvalue weighted by molar-refractivity contribution is 0.0655. The molecule has 1 aliphatic heterocycles. The van der Waals surface area contributed by atoms with Crippen molar-refractivity contribution in [2.75, 3.05) is 13.1 Å². The lowest BCUT2D eigenvalue weighted by Gasteiger charge is -2.13.